The van der Waals surface area contributed by atoms with Crippen molar-refractivity contribution in [2.75, 3.05) is 6.54 Å². The molecule has 0 saturated heterocycles. The number of hydrogen-bond donors (Lipinski definition) is 1. The topological polar surface area (TPSA) is 67.8 Å². The van der Waals surface area contributed by atoms with E-state index < -0.39 is 0 Å². The monoisotopic (exact) mass is 360 g/mol. The van der Waals surface area contributed by atoms with Crippen LogP contribution in [0.25, 0.3) is 32.4 Å². The van der Waals surface area contributed by atoms with Gasteiger partial charge in [0.1, 0.15) is 5.52 Å². The van der Waals surface area contributed by atoms with Crippen LogP contribution in [0.4, 0.5) is 0 Å². The number of rotatable bonds is 4. The lowest BCUT2D eigenvalue weighted by Gasteiger charge is -2.10. The van der Waals surface area contributed by atoms with Crippen molar-refractivity contribution in [2.24, 2.45) is 5.92 Å². The Bertz CT molecular complexity index is 1130. The molecule has 1 amide bonds. The number of nitrogens with zero attached hydrogens (tertiary/aromatic N) is 3. The van der Waals surface area contributed by atoms with E-state index in [0.717, 1.165) is 38.9 Å². The van der Waals surface area contributed by atoms with Gasteiger partial charge in [-0.15, -0.1) is 5.10 Å². The summed E-state index contributed by atoms with van der Waals surface area (Å²) in [6.07, 6.45) is 2.42. The summed E-state index contributed by atoms with van der Waals surface area (Å²) >= 11 is 1.35. The van der Waals surface area contributed by atoms with E-state index in [1.54, 1.807) is 0 Å². The summed E-state index contributed by atoms with van der Waals surface area (Å²) < 4.78 is 5.03. The van der Waals surface area contributed by atoms with Gasteiger partial charge in [-0.25, -0.2) is 4.98 Å². The molecule has 0 radical (unpaired) electrons. The quantitative estimate of drug-likeness (QED) is 0.596. The molecule has 2 aromatic carbocycles. The molecule has 1 aliphatic rings. The summed E-state index contributed by atoms with van der Waals surface area (Å²) in [5.41, 5.74) is 4.07. The molecule has 0 bridgehead atoms. The molecule has 1 N–H and O–H groups in total. The minimum atomic E-state index is -0.0358. The normalized spacial score (nSPS) is 14.0. The average Bonchev–Trinajstić information content (AvgIpc) is 3.39. The molecule has 1 aliphatic carbocycles. The van der Waals surface area contributed by atoms with Gasteiger partial charge in [-0.2, -0.15) is 0 Å². The molecule has 26 heavy (non-hydrogen) atoms. The Labute approximate surface area is 154 Å². The maximum Gasteiger partial charge on any atom is 0.252 e. The van der Waals surface area contributed by atoms with E-state index in [2.05, 4.69) is 14.9 Å². The smallest absolute Gasteiger partial charge is 0.252 e. The fraction of sp³-hybridized carbons (Fsp3) is 0.200. The predicted octanol–water partition coefficient (Wildman–Crippen LogP) is 4.05. The Morgan fingerprint density at radius 3 is 2.85 bits per heavy atom. The van der Waals surface area contributed by atoms with Crippen molar-refractivity contribution >= 4 is 38.6 Å². The van der Waals surface area contributed by atoms with E-state index in [1.807, 2.05) is 48.5 Å². The first-order valence-corrected chi connectivity index (χ1v) is 9.46. The van der Waals surface area contributed by atoms with Gasteiger partial charge in [0.2, 0.25) is 0 Å². The number of pyridine rings is 1. The molecule has 1 fully saturated rings. The fourth-order valence-electron chi connectivity index (χ4n) is 3.16. The Hall–Kier alpha value is -2.86. The molecule has 0 atom stereocenters. The first-order chi connectivity index (χ1) is 12.8. The van der Waals surface area contributed by atoms with Gasteiger partial charge < -0.3 is 5.32 Å². The predicted molar refractivity (Wildman–Crippen MR) is 103 cm³/mol. The fourth-order valence-corrected chi connectivity index (χ4v) is 3.85. The molecule has 0 spiro atoms. The minimum Gasteiger partial charge on any atom is -0.352 e. The van der Waals surface area contributed by atoms with Gasteiger partial charge in [0.25, 0.3) is 5.91 Å². The Kier molecular flexibility index (Phi) is 3.64. The van der Waals surface area contributed by atoms with Crippen LogP contribution in [0.3, 0.4) is 0 Å². The second kappa shape index (κ2) is 6.14. The molecule has 0 unspecified atom stereocenters. The van der Waals surface area contributed by atoms with E-state index in [0.29, 0.717) is 11.5 Å². The lowest BCUT2D eigenvalue weighted by Crippen LogP contribution is -2.25. The number of carbonyl (C=O) groups is 1. The summed E-state index contributed by atoms with van der Waals surface area (Å²) in [6.45, 7) is 0.749. The van der Waals surface area contributed by atoms with E-state index in [4.69, 9.17) is 4.98 Å². The summed E-state index contributed by atoms with van der Waals surface area (Å²) in [7, 11) is 0. The molecule has 2 heterocycles. The van der Waals surface area contributed by atoms with Crippen molar-refractivity contribution < 1.29 is 4.79 Å². The van der Waals surface area contributed by atoms with E-state index in [9.17, 15) is 4.79 Å². The standard InChI is InChI=1S/C20H16N4OS/c25-20(21-11-12-8-9-12)15-10-18(22-16-6-2-1-4-13(15)16)14-5-3-7-17-19(14)26-24-23-17/h1-7,10,12H,8-9,11H2,(H,21,25). The molecule has 5 rings (SSSR count). The van der Waals surface area contributed by atoms with Crippen molar-refractivity contribution in [3.63, 3.8) is 0 Å². The maximum absolute atomic E-state index is 12.8. The second-order valence-electron chi connectivity index (χ2n) is 6.65. The highest BCUT2D eigenvalue weighted by Gasteiger charge is 2.23. The van der Waals surface area contributed by atoms with Crippen LogP contribution in [0.2, 0.25) is 0 Å². The third-order valence-corrected chi connectivity index (χ3v) is 5.53. The van der Waals surface area contributed by atoms with Gasteiger partial charge in [0.05, 0.1) is 21.5 Å². The average molecular weight is 360 g/mol. The molecule has 4 aromatic rings. The summed E-state index contributed by atoms with van der Waals surface area (Å²) in [4.78, 5) is 17.6. The van der Waals surface area contributed by atoms with Crippen LogP contribution in [0, 0.1) is 5.92 Å². The molecule has 128 valence electrons. The van der Waals surface area contributed by atoms with E-state index >= 15 is 0 Å². The summed E-state index contributed by atoms with van der Waals surface area (Å²) in [5.74, 6) is 0.606. The molecule has 0 aliphatic heterocycles. The number of benzene rings is 2. The van der Waals surface area contributed by atoms with E-state index in [-0.39, 0.29) is 5.91 Å². The van der Waals surface area contributed by atoms with Crippen molar-refractivity contribution in [1.82, 2.24) is 19.9 Å². The lowest BCUT2D eigenvalue weighted by molar-refractivity contribution is 0.0953. The number of nitrogens with one attached hydrogen (secondary N) is 1. The van der Waals surface area contributed by atoms with Gasteiger partial charge in [-0.05, 0) is 48.5 Å². The highest BCUT2D eigenvalue weighted by atomic mass is 32.1. The molecule has 1 saturated carbocycles. The minimum absolute atomic E-state index is 0.0358. The number of hydrogen-bond acceptors (Lipinski definition) is 5. The molecule has 5 nitrogen and oxygen atoms in total. The van der Waals surface area contributed by atoms with Crippen molar-refractivity contribution in [1.29, 1.82) is 0 Å². The number of amides is 1. The Morgan fingerprint density at radius 1 is 1.12 bits per heavy atom. The highest BCUT2D eigenvalue weighted by molar-refractivity contribution is 7.13. The van der Waals surface area contributed by atoms with Crippen molar-refractivity contribution in [2.45, 2.75) is 12.8 Å². The third-order valence-electron chi connectivity index (χ3n) is 4.76. The van der Waals surface area contributed by atoms with Gasteiger partial charge in [0, 0.05) is 17.5 Å². The first kappa shape index (κ1) is 15.4. The summed E-state index contributed by atoms with van der Waals surface area (Å²) in [5, 5.41) is 8.09. The number of aromatic nitrogens is 3. The van der Waals surface area contributed by atoms with Crippen LogP contribution >= 0.6 is 11.5 Å². The number of para-hydroxylation sites is 1. The molecular formula is C20H16N4OS. The first-order valence-electron chi connectivity index (χ1n) is 8.69. The third kappa shape index (κ3) is 2.72. The Morgan fingerprint density at radius 2 is 1.96 bits per heavy atom. The van der Waals surface area contributed by atoms with Gasteiger partial charge >= 0.3 is 0 Å². The number of fused-ring (bicyclic) bond motifs is 2. The van der Waals surface area contributed by atoms with Gasteiger partial charge in [-0.1, -0.05) is 34.8 Å². The van der Waals surface area contributed by atoms with Crippen LogP contribution in [-0.4, -0.2) is 27.0 Å². The van der Waals surface area contributed by atoms with Crippen LogP contribution in [-0.2, 0) is 0 Å². The molecular weight excluding hydrogens is 344 g/mol. The van der Waals surface area contributed by atoms with Gasteiger partial charge in [-0.3, -0.25) is 4.79 Å². The number of carbonyl (C=O) groups excluding carboxylic acids is 1. The molecule has 2 aromatic heterocycles. The van der Waals surface area contributed by atoms with Crippen LogP contribution in [0.1, 0.15) is 23.2 Å². The van der Waals surface area contributed by atoms with Crippen LogP contribution in [0.5, 0.6) is 0 Å². The molecule has 6 heteroatoms. The largest absolute Gasteiger partial charge is 0.352 e. The summed E-state index contributed by atoms with van der Waals surface area (Å²) in [6, 6.07) is 15.6. The SMILES string of the molecule is O=C(NCC1CC1)c1cc(-c2cccc3nnsc23)nc2ccccc12. The van der Waals surface area contributed by atoms with Crippen LogP contribution < -0.4 is 5.32 Å². The Balaban J connectivity index is 1.66. The second-order valence-corrected chi connectivity index (χ2v) is 7.41. The van der Waals surface area contributed by atoms with Crippen molar-refractivity contribution in [3.05, 3.63) is 54.1 Å². The van der Waals surface area contributed by atoms with E-state index in [1.165, 1.54) is 24.4 Å². The van der Waals surface area contributed by atoms with Crippen LogP contribution in [0.15, 0.2) is 48.5 Å². The maximum atomic E-state index is 12.8. The van der Waals surface area contributed by atoms with Crippen molar-refractivity contribution in [3.8, 4) is 11.3 Å². The lowest BCUT2D eigenvalue weighted by atomic mass is 10.0. The van der Waals surface area contributed by atoms with Gasteiger partial charge in [0.15, 0.2) is 0 Å². The zero-order valence-electron chi connectivity index (χ0n) is 14.0. The zero-order chi connectivity index (χ0) is 17.5. The zero-order valence-corrected chi connectivity index (χ0v) is 14.8. The highest BCUT2D eigenvalue weighted by Crippen LogP contribution is 2.32.